The Morgan fingerprint density at radius 1 is 1.28 bits per heavy atom. The molecule has 4 heteroatoms. The molecule has 1 aromatic heterocycles. The van der Waals surface area contributed by atoms with Crippen molar-refractivity contribution in [1.29, 1.82) is 0 Å². The predicted octanol–water partition coefficient (Wildman–Crippen LogP) is 3.13. The van der Waals surface area contributed by atoms with Gasteiger partial charge < -0.3 is 9.84 Å². The molecule has 0 atom stereocenters. The highest BCUT2D eigenvalue weighted by Gasteiger charge is 2.06. The van der Waals surface area contributed by atoms with E-state index >= 15 is 0 Å². The van der Waals surface area contributed by atoms with Gasteiger partial charge in [0.25, 0.3) is 0 Å². The minimum atomic E-state index is -0.997. The SMILES string of the molecule is CCc1ccccc1Oc1ccc(C(=O)O)cn1. The van der Waals surface area contributed by atoms with E-state index in [1.807, 2.05) is 31.2 Å². The Morgan fingerprint density at radius 2 is 2.06 bits per heavy atom. The van der Waals surface area contributed by atoms with Gasteiger partial charge in [0.05, 0.1) is 5.56 Å². The van der Waals surface area contributed by atoms with Crippen molar-refractivity contribution in [2.24, 2.45) is 0 Å². The van der Waals surface area contributed by atoms with E-state index < -0.39 is 5.97 Å². The van der Waals surface area contributed by atoms with Gasteiger partial charge in [0.15, 0.2) is 0 Å². The van der Waals surface area contributed by atoms with Crippen molar-refractivity contribution >= 4 is 5.97 Å². The van der Waals surface area contributed by atoms with Gasteiger partial charge in [0, 0.05) is 12.3 Å². The summed E-state index contributed by atoms with van der Waals surface area (Å²) in [6.45, 7) is 2.04. The molecular weight excluding hydrogens is 230 g/mol. The van der Waals surface area contributed by atoms with Crippen LogP contribution in [0.2, 0.25) is 0 Å². The summed E-state index contributed by atoms with van der Waals surface area (Å²) in [7, 11) is 0. The second kappa shape index (κ2) is 5.31. The number of ether oxygens (including phenoxy) is 1. The number of aryl methyl sites for hydroxylation is 1. The number of benzene rings is 1. The Kier molecular flexibility index (Phi) is 3.57. The Hall–Kier alpha value is -2.36. The molecule has 2 aromatic rings. The summed E-state index contributed by atoms with van der Waals surface area (Å²) in [6, 6.07) is 10.7. The molecule has 0 aliphatic rings. The number of carboxylic acids is 1. The number of carbonyl (C=O) groups is 1. The lowest BCUT2D eigenvalue weighted by molar-refractivity contribution is 0.0696. The molecule has 2 rings (SSSR count). The van der Waals surface area contributed by atoms with Crippen LogP contribution in [0.5, 0.6) is 11.6 Å². The van der Waals surface area contributed by atoms with Crippen LogP contribution in [0, 0.1) is 0 Å². The highest BCUT2D eigenvalue weighted by molar-refractivity contribution is 5.87. The van der Waals surface area contributed by atoms with Crippen LogP contribution in [0.25, 0.3) is 0 Å². The summed E-state index contributed by atoms with van der Waals surface area (Å²) in [5.74, 6) is 0.138. The van der Waals surface area contributed by atoms with Crippen molar-refractivity contribution in [2.75, 3.05) is 0 Å². The number of aromatic nitrogens is 1. The smallest absolute Gasteiger partial charge is 0.337 e. The van der Waals surface area contributed by atoms with Crippen LogP contribution in [-0.2, 0) is 6.42 Å². The molecule has 0 aliphatic heterocycles. The third-order valence-corrected chi connectivity index (χ3v) is 2.55. The second-order valence-electron chi connectivity index (χ2n) is 3.75. The van der Waals surface area contributed by atoms with E-state index in [0.717, 1.165) is 17.7 Å². The van der Waals surface area contributed by atoms with Gasteiger partial charge in [-0.25, -0.2) is 9.78 Å². The first kappa shape index (κ1) is 12.1. The van der Waals surface area contributed by atoms with Gasteiger partial charge in [0.1, 0.15) is 5.75 Å². The maximum atomic E-state index is 10.7. The molecule has 1 N–H and O–H groups in total. The molecule has 0 saturated carbocycles. The lowest BCUT2D eigenvalue weighted by Gasteiger charge is -2.08. The molecule has 0 radical (unpaired) electrons. The maximum Gasteiger partial charge on any atom is 0.337 e. The predicted molar refractivity (Wildman–Crippen MR) is 67.1 cm³/mol. The largest absolute Gasteiger partial charge is 0.478 e. The molecule has 4 nitrogen and oxygen atoms in total. The Bertz CT molecular complexity index is 549. The average molecular weight is 243 g/mol. The number of carboxylic acid groups (broad SMARTS) is 1. The van der Waals surface area contributed by atoms with Crippen LogP contribution >= 0.6 is 0 Å². The quantitative estimate of drug-likeness (QED) is 0.896. The summed E-state index contributed by atoms with van der Waals surface area (Å²) in [5.41, 5.74) is 1.23. The molecule has 0 aliphatic carbocycles. The molecule has 0 unspecified atom stereocenters. The fraction of sp³-hybridized carbons (Fsp3) is 0.143. The Labute approximate surface area is 105 Å². The van der Waals surface area contributed by atoms with E-state index in [1.165, 1.54) is 12.3 Å². The van der Waals surface area contributed by atoms with Crippen molar-refractivity contribution in [3.05, 3.63) is 53.7 Å². The van der Waals surface area contributed by atoms with Gasteiger partial charge in [-0.15, -0.1) is 0 Å². The van der Waals surface area contributed by atoms with Crippen LogP contribution in [-0.4, -0.2) is 16.1 Å². The van der Waals surface area contributed by atoms with Gasteiger partial charge in [0.2, 0.25) is 5.88 Å². The van der Waals surface area contributed by atoms with Crippen molar-refractivity contribution < 1.29 is 14.6 Å². The molecule has 0 amide bonds. The monoisotopic (exact) mass is 243 g/mol. The summed E-state index contributed by atoms with van der Waals surface area (Å²) in [4.78, 5) is 14.7. The van der Waals surface area contributed by atoms with E-state index in [4.69, 9.17) is 9.84 Å². The molecule has 0 fully saturated rings. The first-order valence-corrected chi connectivity index (χ1v) is 5.66. The fourth-order valence-electron chi connectivity index (χ4n) is 1.58. The van der Waals surface area contributed by atoms with E-state index in [1.54, 1.807) is 6.07 Å². The molecule has 92 valence electrons. The minimum Gasteiger partial charge on any atom is -0.478 e. The number of hydrogen-bond acceptors (Lipinski definition) is 3. The van der Waals surface area contributed by atoms with E-state index in [0.29, 0.717) is 5.88 Å². The molecule has 18 heavy (non-hydrogen) atoms. The molecule has 1 heterocycles. The van der Waals surface area contributed by atoms with Crippen LogP contribution in [0.1, 0.15) is 22.8 Å². The third-order valence-electron chi connectivity index (χ3n) is 2.55. The summed E-state index contributed by atoms with van der Waals surface area (Å²) in [5, 5.41) is 8.77. The highest BCUT2D eigenvalue weighted by Crippen LogP contribution is 2.24. The minimum absolute atomic E-state index is 0.145. The standard InChI is InChI=1S/C14H13NO3/c1-2-10-5-3-4-6-12(10)18-13-8-7-11(9-15-13)14(16)17/h3-9H,2H2,1H3,(H,16,17). The number of hydrogen-bond donors (Lipinski definition) is 1. The molecule has 0 saturated heterocycles. The Morgan fingerprint density at radius 3 is 2.67 bits per heavy atom. The van der Waals surface area contributed by atoms with Gasteiger partial charge in [-0.3, -0.25) is 0 Å². The summed E-state index contributed by atoms with van der Waals surface area (Å²) in [6.07, 6.45) is 2.15. The summed E-state index contributed by atoms with van der Waals surface area (Å²) < 4.78 is 5.63. The zero-order chi connectivity index (χ0) is 13.0. The van der Waals surface area contributed by atoms with E-state index in [-0.39, 0.29) is 5.56 Å². The summed E-state index contributed by atoms with van der Waals surface area (Å²) >= 11 is 0. The first-order chi connectivity index (χ1) is 8.70. The average Bonchev–Trinajstić information content (AvgIpc) is 2.40. The van der Waals surface area contributed by atoms with Crippen LogP contribution in [0.3, 0.4) is 0 Å². The first-order valence-electron chi connectivity index (χ1n) is 5.66. The molecule has 0 spiro atoms. The zero-order valence-corrected chi connectivity index (χ0v) is 9.96. The maximum absolute atomic E-state index is 10.7. The van der Waals surface area contributed by atoms with Crippen LogP contribution in [0.15, 0.2) is 42.6 Å². The number of rotatable bonds is 4. The van der Waals surface area contributed by atoms with Gasteiger partial charge in [-0.05, 0) is 24.1 Å². The topological polar surface area (TPSA) is 59.4 Å². The van der Waals surface area contributed by atoms with E-state index in [9.17, 15) is 4.79 Å². The van der Waals surface area contributed by atoms with E-state index in [2.05, 4.69) is 4.98 Å². The Balaban J connectivity index is 2.21. The number of nitrogens with zero attached hydrogens (tertiary/aromatic N) is 1. The second-order valence-corrected chi connectivity index (χ2v) is 3.75. The number of aromatic carboxylic acids is 1. The fourth-order valence-corrected chi connectivity index (χ4v) is 1.58. The van der Waals surface area contributed by atoms with Crippen LogP contribution in [0.4, 0.5) is 0 Å². The molecule has 0 bridgehead atoms. The highest BCUT2D eigenvalue weighted by atomic mass is 16.5. The molecule has 1 aromatic carbocycles. The number of pyridine rings is 1. The van der Waals surface area contributed by atoms with Crippen molar-refractivity contribution in [3.8, 4) is 11.6 Å². The lowest BCUT2D eigenvalue weighted by atomic mass is 10.1. The van der Waals surface area contributed by atoms with Crippen molar-refractivity contribution in [3.63, 3.8) is 0 Å². The third kappa shape index (κ3) is 2.66. The van der Waals surface area contributed by atoms with Crippen molar-refractivity contribution in [1.82, 2.24) is 4.98 Å². The lowest BCUT2D eigenvalue weighted by Crippen LogP contribution is -1.98. The van der Waals surface area contributed by atoms with Crippen molar-refractivity contribution in [2.45, 2.75) is 13.3 Å². The van der Waals surface area contributed by atoms with Crippen LogP contribution < -0.4 is 4.74 Å². The van der Waals surface area contributed by atoms with Gasteiger partial charge in [-0.2, -0.15) is 0 Å². The van der Waals surface area contributed by atoms with Gasteiger partial charge in [-0.1, -0.05) is 25.1 Å². The molecular formula is C14H13NO3. The zero-order valence-electron chi connectivity index (χ0n) is 9.96. The van der Waals surface area contributed by atoms with Gasteiger partial charge >= 0.3 is 5.97 Å². The number of para-hydroxylation sites is 1. The normalized spacial score (nSPS) is 10.1.